The summed E-state index contributed by atoms with van der Waals surface area (Å²) >= 11 is 1.65. The normalized spacial score (nSPS) is 14.6. The van der Waals surface area contributed by atoms with Crippen molar-refractivity contribution in [2.24, 2.45) is 0 Å². The summed E-state index contributed by atoms with van der Waals surface area (Å²) in [5, 5.41) is 3.04. The van der Waals surface area contributed by atoms with Crippen molar-refractivity contribution in [3.8, 4) is 0 Å². The highest BCUT2D eigenvalue weighted by Crippen LogP contribution is 2.19. The minimum Gasteiger partial charge on any atom is -0.339 e. The lowest BCUT2D eigenvalue weighted by Gasteiger charge is -2.34. The van der Waals surface area contributed by atoms with Crippen LogP contribution in [-0.2, 0) is 15.3 Å². The van der Waals surface area contributed by atoms with Gasteiger partial charge >= 0.3 is 0 Å². The molecule has 1 N–H and O–H groups in total. The maximum absolute atomic E-state index is 12.4. The van der Waals surface area contributed by atoms with Gasteiger partial charge in [-0.3, -0.25) is 14.5 Å². The van der Waals surface area contributed by atoms with E-state index in [2.05, 4.69) is 22.3 Å². The van der Waals surface area contributed by atoms with E-state index in [1.807, 2.05) is 55.1 Å². The van der Waals surface area contributed by atoms with E-state index in [0.29, 0.717) is 25.4 Å². The Morgan fingerprint density at radius 3 is 2.24 bits per heavy atom. The number of anilines is 1. The van der Waals surface area contributed by atoms with Gasteiger partial charge in [-0.1, -0.05) is 48.5 Å². The van der Waals surface area contributed by atoms with Crippen LogP contribution in [0.4, 0.5) is 5.69 Å². The molecule has 154 valence electrons. The lowest BCUT2D eigenvalue weighted by molar-refractivity contribution is -0.130. The topological polar surface area (TPSA) is 52.7 Å². The molecule has 5 nitrogen and oxygen atoms in total. The van der Waals surface area contributed by atoms with Gasteiger partial charge in [0.25, 0.3) is 0 Å². The van der Waals surface area contributed by atoms with Crippen LogP contribution in [0.2, 0.25) is 0 Å². The number of thioether (sulfide) groups is 1. The zero-order chi connectivity index (χ0) is 20.6. The second-order valence-corrected chi connectivity index (χ2v) is 8.44. The lowest BCUT2D eigenvalue weighted by atomic mass is 10.1. The number of hydrogen-bond donors (Lipinski definition) is 1. The second kappa shape index (κ2) is 10.5. The summed E-state index contributed by atoms with van der Waals surface area (Å²) in [6, 6.07) is 16.2. The van der Waals surface area contributed by atoms with E-state index in [9.17, 15) is 9.59 Å². The third-order valence-electron chi connectivity index (χ3n) is 5.17. The van der Waals surface area contributed by atoms with Crippen LogP contribution in [0, 0.1) is 13.8 Å². The Bertz CT molecular complexity index is 813. The van der Waals surface area contributed by atoms with E-state index in [0.717, 1.165) is 35.7 Å². The Labute approximate surface area is 177 Å². The Hall–Kier alpha value is -2.31. The van der Waals surface area contributed by atoms with Crippen molar-refractivity contribution in [1.82, 2.24) is 9.80 Å². The van der Waals surface area contributed by atoms with Gasteiger partial charge in [0.05, 0.1) is 12.3 Å². The summed E-state index contributed by atoms with van der Waals surface area (Å²) in [4.78, 5) is 28.9. The number of nitrogens with zero attached hydrogens (tertiary/aromatic N) is 2. The predicted molar refractivity (Wildman–Crippen MR) is 120 cm³/mol. The minimum atomic E-state index is 0.000549. The molecule has 6 heteroatoms. The van der Waals surface area contributed by atoms with Gasteiger partial charge in [-0.15, -0.1) is 11.8 Å². The Morgan fingerprint density at radius 1 is 0.931 bits per heavy atom. The highest BCUT2D eigenvalue weighted by Gasteiger charge is 2.22. The molecule has 0 unspecified atom stereocenters. The molecule has 0 radical (unpaired) electrons. The number of piperazine rings is 1. The molecule has 0 atom stereocenters. The Kier molecular flexibility index (Phi) is 7.72. The van der Waals surface area contributed by atoms with Crippen molar-refractivity contribution < 1.29 is 9.59 Å². The number of aryl methyl sites for hydroxylation is 2. The third-order valence-corrected chi connectivity index (χ3v) is 6.16. The van der Waals surface area contributed by atoms with Crippen LogP contribution in [-0.4, -0.2) is 60.1 Å². The van der Waals surface area contributed by atoms with E-state index in [1.54, 1.807) is 11.8 Å². The molecule has 2 aromatic rings. The lowest BCUT2D eigenvalue weighted by Crippen LogP contribution is -2.50. The van der Waals surface area contributed by atoms with Crippen molar-refractivity contribution in [2.45, 2.75) is 19.6 Å². The zero-order valence-corrected chi connectivity index (χ0v) is 18.0. The average Bonchev–Trinajstić information content (AvgIpc) is 2.72. The fourth-order valence-electron chi connectivity index (χ4n) is 3.47. The minimum absolute atomic E-state index is 0.000549. The molecule has 0 spiro atoms. The van der Waals surface area contributed by atoms with Gasteiger partial charge < -0.3 is 10.2 Å². The molecule has 2 amide bonds. The van der Waals surface area contributed by atoms with Crippen LogP contribution in [0.5, 0.6) is 0 Å². The number of benzene rings is 2. The number of amides is 2. The summed E-state index contributed by atoms with van der Waals surface area (Å²) in [6.07, 6.45) is 0. The molecule has 0 bridgehead atoms. The molecule has 0 saturated carbocycles. The van der Waals surface area contributed by atoms with E-state index in [4.69, 9.17) is 0 Å². The van der Waals surface area contributed by atoms with Crippen molar-refractivity contribution >= 4 is 29.3 Å². The summed E-state index contributed by atoms with van der Waals surface area (Å²) in [7, 11) is 0. The molecule has 1 aliphatic heterocycles. The van der Waals surface area contributed by atoms with Gasteiger partial charge in [0.2, 0.25) is 11.8 Å². The number of rotatable bonds is 7. The van der Waals surface area contributed by atoms with Crippen LogP contribution >= 0.6 is 11.8 Å². The predicted octanol–water partition coefficient (Wildman–Crippen LogP) is 3.32. The summed E-state index contributed by atoms with van der Waals surface area (Å²) < 4.78 is 0. The van der Waals surface area contributed by atoms with E-state index < -0.39 is 0 Å². The Balaban J connectivity index is 1.38. The molecule has 3 rings (SSSR count). The van der Waals surface area contributed by atoms with Gasteiger partial charge in [0, 0.05) is 37.6 Å². The fraction of sp³-hybridized carbons (Fsp3) is 0.391. The van der Waals surface area contributed by atoms with Crippen molar-refractivity contribution in [1.29, 1.82) is 0 Å². The van der Waals surface area contributed by atoms with Gasteiger partial charge in [0.15, 0.2) is 0 Å². The van der Waals surface area contributed by atoms with Gasteiger partial charge in [0.1, 0.15) is 0 Å². The summed E-state index contributed by atoms with van der Waals surface area (Å²) in [5.41, 5.74) is 4.29. The fourth-order valence-corrected chi connectivity index (χ4v) is 4.36. The molecular formula is C23H29N3O2S. The molecular weight excluding hydrogens is 382 g/mol. The zero-order valence-electron chi connectivity index (χ0n) is 17.2. The largest absolute Gasteiger partial charge is 0.339 e. The summed E-state index contributed by atoms with van der Waals surface area (Å²) in [6.45, 7) is 7.19. The van der Waals surface area contributed by atoms with Crippen molar-refractivity contribution in [3.63, 3.8) is 0 Å². The van der Waals surface area contributed by atoms with E-state index >= 15 is 0 Å². The maximum Gasteiger partial charge on any atom is 0.238 e. The SMILES string of the molecule is Cc1cccc(C)c1NC(=O)CN1CCN(C(=O)CSCc2ccccc2)CC1. The maximum atomic E-state index is 12.4. The molecule has 29 heavy (non-hydrogen) atoms. The molecule has 1 heterocycles. The van der Waals surface area contributed by atoms with Crippen LogP contribution < -0.4 is 5.32 Å². The average molecular weight is 412 g/mol. The first-order valence-corrected chi connectivity index (χ1v) is 11.2. The van der Waals surface area contributed by atoms with Crippen LogP contribution in [0.3, 0.4) is 0 Å². The molecule has 0 aromatic heterocycles. The van der Waals surface area contributed by atoms with Gasteiger partial charge in [-0.25, -0.2) is 0 Å². The van der Waals surface area contributed by atoms with E-state index in [-0.39, 0.29) is 11.8 Å². The van der Waals surface area contributed by atoms with Crippen molar-refractivity contribution in [3.05, 3.63) is 65.2 Å². The summed E-state index contributed by atoms with van der Waals surface area (Å²) in [5.74, 6) is 1.54. The molecule has 1 aliphatic rings. The second-order valence-electron chi connectivity index (χ2n) is 7.45. The molecule has 2 aromatic carbocycles. The van der Waals surface area contributed by atoms with Crippen LogP contribution in [0.25, 0.3) is 0 Å². The van der Waals surface area contributed by atoms with Crippen LogP contribution in [0.15, 0.2) is 48.5 Å². The highest BCUT2D eigenvalue weighted by atomic mass is 32.2. The highest BCUT2D eigenvalue weighted by molar-refractivity contribution is 7.99. The van der Waals surface area contributed by atoms with Gasteiger partial charge in [-0.2, -0.15) is 0 Å². The molecule has 0 aliphatic carbocycles. The van der Waals surface area contributed by atoms with Crippen molar-refractivity contribution in [2.75, 3.05) is 43.8 Å². The standard InChI is InChI=1S/C23H29N3O2S/c1-18-7-6-8-19(2)23(18)24-21(27)15-25-11-13-26(14-12-25)22(28)17-29-16-20-9-4-3-5-10-20/h3-10H,11-17H2,1-2H3,(H,24,27). The van der Waals surface area contributed by atoms with Crippen LogP contribution in [0.1, 0.15) is 16.7 Å². The first-order chi connectivity index (χ1) is 14.0. The van der Waals surface area contributed by atoms with Gasteiger partial charge in [-0.05, 0) is 30.5 Å². The number of nitrogens with one attached hydrogen (secondary N) is 1. The van der Waals surface area contributed by atoms with E-state index in [1.165, 1.54) is 5.56 Å². The number of carbonyl (C=O) groups excluding carboxylic acids is 2. The Morgan fingerprint density at radius 2 is 1.59 bits per heavy atom. The first-order valence-electron chi connectivity index (χ1n) is 10.0. The molecule has 1 fully saturated rings. The smallest absolute Gasteiger partial charge is 0.238 e. The monoisotopic (exact) mass is 411 g/mol. The quantitative estimate of drug-likeness (QED) is 0.759. The first kappa shape index (κ1) is 21.4. The third kappa shape index (κ3) is 6.34. The molecule has 1 saturated heterocycles. The number of hydrogen-bond acceptors (Lipinski definition) is 4. The number of para-hydroxylation sites is 1. The number of carbonyl (C=O) groups is 2.